The molecule has 0 aliphatic carbocycles. The topological polar surface area (TPSA) is 70.7 Å². The third-order valence-electron chi connectivity index (χ3n) is 5.36. The Kier molecular flexibility index (Phi) is 5.69. The number of carbonyl (C=O) groups is 2. The van der Waals surface area contributed by atoms with Crippen LogP contribution in [-0.2, 0) is 20.7 Å². The second-order valence-electron chi connectivity index (χ2n) is 7.28. The molecule has 1 atom stereocenters. The van der Waals surface area contributed by atoms with E-state index in [1.54, 1.807) is 0 Å². The number of amides is 2. The molecule has 2 aromatic rings. The molecular formula is C22H25N3O3. The molecule has 2 aliphatic rings. The summed E-state index contributed by atoms with van der Waals surface area (Å²) in [6.45, 7) is 4.62. The number of hydrogen-bond donors (Lipinski definition) is 2. The largest absolute Gasteiger partial charge is 0.379 e. The zero-order chi connectivity index (χ0) is 19.3. The van der Waals surface area contributed by atoms with Crippen molar-refractivity contribution in [2.75, 3.05) is 43.5 Å². The van der Waals surface area contributed by atoms with Gasteiger partial charge < -0.3 is 15.4 Å². The lowest BCUT2D eigenvalue weighted by molar-refractivity contribution is -0.123. The number of carbonyl (C=O) groups excluding carboxylic acids is 2. The maximum Gasteiger partial charge on any atom is 0.232 e. The average Bonchev–Trinajstić information content (AvgIpc) is 2.73. The van der Waals surface area contributed by atoms with Crippen molar-refractivity contribution in [2.24, 2.45) is 0 Å². The fourth-order valence-corrected chi connectivity index (χ4v) is 3.74. The molecule has 0 saturated carbocycles. The maximum absolute atomic E-state index is 12.8. The van der Waals surface area contributed by atoms with E-state index in [0.717, 1.165) is 56.2 Å². The Morgan fingerprint density at radius 3 is 2.64 bits per heavy atom. The van der Waals surface area contributed by atoms with Crippen molar-refractivity contribution in [2.45, 2.75) is 18.8 Å². The van der Waals surface area contributed by atoms with Crippen LogP contribution in [0.15, 0.2) is 48.5 Å². The Morgan fingerprint density at radius 2 is 1.86 bits per heavy atom. The molecule has 4 rings (SSSR count). The van der Waals surface area contributed by atoms with Crippen molar-refractivity contribution in [3.05, 3.63) is 59.7 Å². The van der Waals surface area contributed by atoms with Crippen LogP contribution in [0.1, 0.15) is 23.5 Å². The minimum atomic E-state index is -0.467. The number of morpholine rings is 1. The minimum absolute atomic E-state index is 0.127. The van der Waals surface area contributed by atoms with E-state index >= 15 is 0 Å². The number of rotatable bonds is 5. The lowest BCUT2D eigenvalue weighted by atomic mass is 9.90. The standard InChI is InChI=1S/C22H25N3O3/c26-21-15-19(18-3-1-2-4-20(18)24-21)22(27)23-17-7-5-16(6-8-17)9-10-25-11-13-28-14-12-25/h1-8,19H,9-15H2,(H,23,27)(H,24,26). The van der Waals surface area contributed by atoms with Crippen LogP contribution >= 0.6 is 0 Å². The number of hydrogen-bond acceptors (Lipinski definition) is 4. The molecule has 28 heavy (non-hydrogen) atoms. The number of anilines is 2. The van der Waals surface area contributed by atoms with E-state index < -0.39 is 5.92 Å². The van der Waals surface area contributed by atoms with Crippen molar-refractivity contribution >= 4 is 23.2 Å². The summed E-state index contributed by atoms with van der Waals surface area (Å²) in [6.07, 6.45) is 1.14. The summed E-state index contributed by atoms with van der Waals surface area (Å²) in [5.74, 6) is -0.744. The third-order valence-corrected chi connectivity index (χ3v) is 5.36. The first kappa shape index (κ1) is 18.7. The zero-order valence-electron chi connectivity index (χ0n) is 15.8. The number of ether oxygens (including phenoxy) is 1. The van der Waals surface area contributed by atoms with E-state index in [1.165, 1.54) is 5.56 Å². The highest BCUT2D eigenvalue weighted by atomic mass is 16.5. The van der Waals surface area contributed by atoms with Gasteiger partial charge in [-0.15, -0.1) is 0 Å². The molecule has 1 saturated heterocycles. The second-order valence-corrected chi connectivity index (χ2v) is 7.28. The zero-order valence-corrected chi connectivity index (χ0v) is 15.8. The number of nitrogens with zero attached hydrogens (tertiary/aromatic N) is 1. The van der Waals surface area contributed by atoms with Gasteiger partial charge in [0.1, 0.15) is 0 Å². The molecule has 146 valence electrons. The van der Waals surface area contributed by atoms with E-state index in [4.69, 9.17) is 4.74 Å². The summed E-state index contributed by atoms with van der Waals surface area (Å²) in [5.41, 5.74) is 3.58. The van der Waals surface area contributed by atoms with E-state index in [-0.39, 0.29) is 18.2 Å². The fourth-order valence-electron chi connectivity index (χ4n) is 3.74. The highest BCUT2D eigenvalue weighted by Gasteiger charge is 2.30. The van der Waals surface area contributed by atoms with Gasteiger partial charge in [-0.3, -0.25) is 14.5 Å². The van der Waals surface area contributed by atoms with E-state index in [2.05, 4.69) is 27.7 Å². The molecule has 0 spiro atoms. The molecule has 6 nitrogen and oxygen atoms in total. The van der Waals surface area contributed by atoms with Crippen LogP contribution in [-0.4, -0.2) is 49.6 Å². The van der Waals surface area contributed by atoms with Crippen LogP contribution in [0.3, 0.4) is 0 Å². The number of para-hydroxylation sites is 1. The molecule has 1 unspecified atom stereocenters. The summed E-state index contributed by atoms with van der Waals surface area (Å²) in [5, 5.41) is 5.79. The Hall–Kier alpha value is -2.70. The fraction of sp³-hybridized carbons (Fsp3) is 0.364. The molecule has 1 fully saturated rings. The first-order chi connectivity index (χ1) is 13.7. The normalized spacial score (nSPS) is 19.6. The summed E-state index contributed by atoms with van der Waals surface area (Å²) >= 11 is 0. The van der Waals surface area contributed by atoms with Crippen LogP contribution in [0.4, 0.5) is 11.4 Å². The molecule has 0 radical (unpaired) electrons. The van der Waals surface area contributed by atoms with Crippen molar-refractivity contribution in [3.63, 3.8) is 0 Å². The van der Waals surface area contributed by atoms with Gasteiger partial charge in [0.2, 0.25) is 11.8 Å². The lowest BCUT2D eigenvalue weighted by Gasteiger charge is -2.26. The van der Waals surface area contributed by atoms with Gasteiger partial charge in [-0.05, 0) is 35.7 Å². The van der Waals surface area contributed by atoms with Crippen molar-refractivity contribution in [3.8, 4) is 0 Å². The van der Waals surface area contributed by atoms with E-state index in [0.29, 0.717) is 0 Å². The van der Waals surface area contributed by atoms with Crippen molar-refractivity contribution in [1.82, 2.24) is 4.90 Å². The first-order valence-electron chi connectivity index (χ1n) is 9.78. The molecule has 2 N–H and O–H groups in total. The monoisotopic (exact) mass is 379 g/mol. The molecule has 2 heterocycles. The van der Waals surface area contributed by atoms with Gasteiger partial charge >= 0.3 is 0 Å². The van der Waals surface area contributed by atoms with Crippen LogP contribution in [0, 0.1) is 0 Å². The van der Waals surface area contributed by atoms with Gasteiger partial charge in [-0.1, -0.05) is 30.3 Å². The third kappa shape index (κ3) is 4.40. The molecular weight excluding hydrogens is 354 g/mol. The average molecular weight is 379 g/mol. The van der Waals surface area contributed by atoms with Crippen LogP contribution < -0.4 is 10.6 Å². The van der Waals surface area contributed by atoms with E-state index in [9.17, 15) is 9.59 Å². The van der Waals surface area contributed by atoms with E-state index in [1.807, 2.05) is 36.4 Å². The number of benzene rings is 2. The molecule has 2 amide bonds. The summed E-state index contributed by atoms with van der Waals surface area (Å²) in [7, 11) is 0. The highest BCUT2D eigenvalue weighted by molar-refractivity contribution is 6.05. The Morgan fingerprint density at radius 1 is 1.11 bits per heavy atom. The van der Waals surface area contributed by atoms with Gasteiger partial charge in [0.15, 0.2) is 0 Å². The number of nitrogens with one attached hydrogen (secondary N) is 2. The van der Waals surface area contributed by atoms with Gasteiger partial charge in [-0.2, -0.15) is 0 Å². The maximum atomic E-state index is 12.8. The Labute approximate surface area is 164 Å². The Balaban J connectivity index is 1.36. The summed E-state index contributed by atoms with van der Waals surface area (Å²) in [4.78, 5) is 27.1. The van der Waals surface area contributed by atoms with Crippen LogP contribution in [0.2, 0.25) is 0 Å². The lowest BCUT2D eigenvalue weighted by Crippen LogP contribution is -2.37. The predicted molar refractivity (Wildman–Crippen MR) is 108 cm³/mol. The molecule has 2 aromatic carbocycles. The van der Waals surface area contributed by atoms with Gasteiger partial charge in [0, 0.05) is 37.4 Å². The molecule has 6 heteroatoms. The number of fused-ring (bicyclic) bond motifs is 1. The quantitative estimate of drug-likeness (QED) is 0.838. The summed E-state index contributed by atoms with van der Waals surface area (Å²) < 4.78 is 5.38. The predicted octanol–water partition coefficient (Wildman–Crippen LogP) is 2.63. The SMILES string of the molecule is O=C1CC(C(=O)Nc2ccc(CCN3CCOCC3)cc2)c2ccccc2N1. The molecule has 0 bridgehead atoms. The first-order valence-corrected chi connectivity index (χ1v) is 9.78. The van der Waals surface area contributed by atoms with Crippen LogP contribution in [0.25, 0.3) is 0 Å². The van der Waals surface area contributed by atoms with Crippen molar-refractivity contribution < 1.29 is 14.3 Å². The van der Waals surface area contributed by atoms with Crippen molar-refractivity contribution in [1.29, 1.82) is 0 Å². The van der Waals surface area contributed by atoms with Crippen LogP contribution in [0.5, 0.6) is 0 Å². The van der Waals surface area contributed by atoms with Gasteiger partial charge in [-0.25, -0.2) is 0 Å². The molecule has 0 aromatic heterocycles. The van der Waals surface area contributed by atoms with Gasteiger partial charge in [0.05, 0.1) is 19.1 Å². The molecule has 2 aliphatic heterocycles. The Bertz CT molecular complexity index is 844. The highest BCUT2D eigenvalue weighted by Crippen LogP contribution is 2.32. The van der Waals surface area contributed by atoms with Gasteiger partial charge in [0.25, 0.3) is 0 Å². The second kappa shape index (κ2) is 8.54. The minimum Gasteiger partial charge on any atom is -0.379 e. The summed E-state index contributed by atoms with van der Waals surface area (Å²) in [6, 6.07) is 15.4. The smallest absolute Gasteiger partial charge is 0.232 e.